The Bertz CT molecular complexity index is 1090. The number of carbonyl (C=O) groups is 1. The van der Waals surface area contributed by atoms with Gasteiger partial charge in [-0.05, 0) is 30.3 Å². The topological polar surface area (TPSA) is 85.4 Å². The Hall–Kier alpha value is -3.39. The summed E-state index contributed by atoms with van der Waals surface area (Å²) >= 11 is 6.04. The molecule has 0 aliphatic carbocycles. The molecule has 2 N–H and O–H groups in total. The van der Waals surface area contributed by atoms with Crippen molar-refractivity contribution in [2.75, 3.05) is 30.9 Å². The number of hydrogen-bond acceptors (Lipinski definition) is 7. The Labute approximate surface area is 170 Å². The zero-order valence-electron chi connectivity index (χ0n) is 15.3. The van der Waals surface area contributed by atoms with Crippen molar-refractivity contribution in [2.24, 2.45) is 0 Å². The van der Waals surface area contributed by atoms with Crippen LogP contribution in [0.25, 0.3) is 11.3 Å². The second kappa shape index (κ2) is 7.92. The molecule has 0 saturated carbocycles. The summed E-state index contributed by atoms with van der Waals surface area (Å²) in [7, 11) is 1.29. The highest BCUT2D eigenvalue weighted by Gasteiger charge is 2.21. The summed E-state index contributed by atoms with van der Waals surface area (Å²) in [5.41, 5.74) is 1.83. The van der Waals surface area contributed by atoms with E-state index in [-0.39, 0.29) is 11.1 Å². The number of aromatic nitrogens is 2. The van der Waals surface area contributed by atoms with Crippen LogP contribution in [-0.4, -0.2) is 36.2 Å². The highest BCUT2D eigenvalue weighted by atomic mass is 35.5. The minimum atomic E-state index is -0.538. The molecule has 0 radical (unpaired) electrons. The van der Waals surface area contributed by atoms with Crippen LogP contribution in [0.1, 0.15) is 10.4 Å². The van der Waals surface area contributed by atoms with Gasteiger partial charge in [0.25, 0.3) is 0 Å². The van der Waals surface area contributed by atoms with Crippen LogP contribution in [0.4, 0.5) is 21.6 Å². The molecule has 3 heterocycles. The van der Waals surface area contributed by atoms with Gasteiger partial charge in [-0.3, -0.25) is 4.98 Å². The quantitative estimate of drug-likeness (QED) is 0.616. The predicted molar refractivity (Wildman–Crippen MR) is 107 cm³/mol. The van der Waals surface area contributed by atoms with Gasteiger partial charge in [0.2, 0.25) is 0 Å². The van der Waals surface area contributed by atoms with Gasteiger partial charge in [0.05, 0.1) is 30.7 Å². The molecule has 148 valence electrons. The van der Waals surface area contributed by atoms with E-state index in [4.69, 9.17) is 21.1 Å². The molecule has 0 spiro atoms. The Balaban J connectivity index is 1.83. The van der Waals surface area contributed by atoms with Crippen molar-refractivity contribution in [2.45, 2.75) is 0 Å². The maximum absolute atomic E-state index is 14.4. The zero-order valence-corrected chi connectivity index (χ0v) is 16.1. The lowest BCUT2D eigenvalue weighted by atomic mass is 10.1. The summed E-state index contributed by atoms with van der Waals surface area (Å²) in [6.07, 6.45) is 2.94. The van der Waals surface area contributed by atoms with Crippen molar-refractivity contribution in [3.05, 3.63) is 59.1 Å². The van der Waals surface area contributed by atoms with Gasteiger partial charge in [-0.15, -0.1) is 0 Å². The number of fused-ring (bicyclic) bond motifs is 1. The first-order valence-corrected chi connectivity index (χ1v) is 9.11. The van der Waals surface area contributed by atoms with E-state index in [2.05, 4.69) is 20.6 Å². The number of hydrogen-bond donors (Lipinski definition) is 2. The summed E-state index contributed by atoms with van der Waals surface area (Å²) in [6, 6.07) is 7.54. The maximum Gasteiger partial charge on any atom is 0.341 e. The Morgan fingerprint density at radius 2 is 2.17 bits per heavy atom. The molecule has 0 unspecified atom stereocenters. The van der Waals surface area contributed by atoms with Gasteiger partial charge < -0.3 is 20.1 Å². The number of nitrogens with zero attached hydrogens (tertiary/aromatic N) is 2. The standard InChI is InChI=1S/C20H16ClFN4O3/c1-28-20(27)13-10-23-5-4-15(13)25-17-9-16(12-8-11(21)2-3-14(12)22)26-19-18(17)29-7-6-24-19/h2-5,8-10H,6-7H2,1H3,(H2,23,24,25,26). The summed E-state index contributed by atoms with van der Waals surface area (Å²) < 4.78 is 25.0. The van der Waals surface area contributed by atoms with Gasteiger partial charge in [-0.25, -0.2) is 14.2 Å². The van der Waals surface area contributed by atoms with Crippen LogP contribution in [-0.2, 0) is 4.74 Å². The fraction of sp³-hybridized carbons (Fsp3) is 0.150. The average Bonchev–Trinajstić information content (AvgIpc) is 2.75. The molecule has 0 saturated heterocycles. The number of pyridine rings is 2. The molecule has 4 rings (SSSR count). The van der Waals surface area contributed by atoms with Crippen molar-refractivity contribution in [3.63, 3.8) is 0 Å². The van der Waals surface area contributed by atoms with Crippen LogP contribution in [0.2, 0.25) is 5.02 Å². The van der Waals surface area contributed by atoms with Gasteiger partial charge in [-0.1, -0.05) is 11.6 Å². The zero-order chi connectivity index (χ0) is 20.4. The molecule has 9 heteroatoms. The normalized spacial score (nSPS) is 12.4. The van der Waals surface area contributed by atoms with Gasteiger partial charge in [0, 0.05) is 23.0 Å². The summed E-state index contributed by atoms with van der Waals surface area (Å²) in [6.45, 7) is 0.998. The van der Waals surface area contributed by atoms with Gasteiger partial charge in [0.15, 0.2) is 11.6 Å². The number of anilines is 3. The second-order valence-electron chi connectivity index (χ2n) is 6.17. The van der Waals surface area contributed by atoms with Crippen molar-refractivity contribution >= 4 is 34.8 Å². The molecule has 7 nitrogen and oxygen atoms in total. The molecule has 1 aliphatic heterocycles. The number of methoxy groups -OCH3 is 1. The van der Waals surface area contributed by atoms with E-state index in [1.165, 1.54) is 31.5 Å². The number of ether oxygens (including phenoxy) is 2. The lowest BCUT2D eigenvalue weighted by Crippen LogP contribution is -2.20. The van der Waals surface area contributed by atoms with E-state index in [1.807, 2.05) is 0 Å². The molecule has 29 heavy (non-hydrogen) atoms. The van der Waals surface area contributed by atoms with E-state index in [1.54, 1.807) is 18.3 Å². The summed E-state index contributed by atoms with van der Waals surface area (Å²) in [5, 5.41) is 6.70. The molecule has 1 aliphatic rings. The monoisotopic (exact) mass is 414 g/mol. The smallest absolute Gasteiger partial charge is 0.341 e. The highest BCUT2D eigenvalue weighted by Crippen LogP contribution is 2.40. The van der Waals surface area contributed by atoms with Gasteiger partial charge >= 0.3 is 5.97 Å². The molecule has 0 fully saturated rings. The van der Waals surface area contributed by atoms with E-state index in [0.717, 1.165) is 0 Å². The third kappa shape index (κ3) is 3.79. The number of rotatable bonds is 4. The van der Waals surface area contributed by atoms with E-state index in [0.29, 0.717) is 46.8 Å². The van der Waals surface area contributed by atoms with Crippen LogP contribution < -0.4 is 15.4 Å². The third-order valence-electron chi connectivity index (χ3n) is 4.31. The van der Waals surface area contributed by atoms with Crippen LogP contribution in [0.3, 0.4) is 0 Å². The molecule has 1 aromatic carbocycles. The first-order chi connectivity index (χ1) is 14.1. The van der Waals surface area contributed by atoms with Crippen molar-refractivity contribution in [1.29, 1.82) is 0 Å². The number of carbonyl (C=O) groups excluding carboxylic acids is 1. The van der Waals surface area contributed by atoms with E-state index < -0.39 is 11.8 Å². The van der Waals surface area contributed by atoms with Gasteiger partial charge in [0.1, 0.15) is 18.0 Å². The van der Waals surface area contributed by atoms with Crippen molar-refractivity contribution in [1.82, 2.24) is 9.97 Å². The Morgan fingerprint density at radius 3 is 3.00 bits per heavy atom. The van der Waals surface area contributed by atoms with Crippen molar-refractivity contribution < 1.29 is 18.7 Å². The lowest BCUT2D eigenvalue weighted by molar-refractivity contribution is 0.0601. The average molecular weight is 415 g/mol. The minimum absolute atomic E-state index is 0.249. The third-order valence-corrected chi connectivity index (χ3v) is 4.55. The van der Waals surface area contributed by atoms with Crippen LogP contribution in [0.5, 0.6) is 5.75 Å². The molecule has 2 aromatic heterocycles. The molecular formula is C20H16ClFN4O3. The van der Waals surface area contributed by atoms with Crippen LogP contribution in [0.15, 0.2) is 42.7 Å². The lowest BCUT2D eigenvalue weighted by Gasteiger charge is -2.23. The molecular weight excluding hydrogens is 399 g/mol. The summed E-state index contributed by atoms with van der Waals surface area (Å²) in [5.74, 6) is -0.0632. The Morgan fingerprint density at radius 1 is 1.31 bits per heavy atom. The Kier molecular flexibility index (Phi) is 5.18. The van der Waals surface area contributed by atoms with E-state index in [9.17, 15) is 9.18 Å². The number of nitrogens with one attached hydrogen (secondary N) is 2. The van der Waals surface area contributed by atoms with Crippen LogP contribution >= 0.6 is 11.6 Å². The molecule has 3 aromatic rings. The highest BCUT2D eigenvalue weighted by molar-refractivity contribution is 6.30. The fourth-order valence-electron chi connectivity index (χ4n) is 2.97. The predicted octanol–water partition coefficient (Wildman–Crippen LogP) is 4.27. The SMILES string of the molecule is COC(=O)c1cnccc1Nc1cc(-c2cc(Cl)ccc2F)nc2c1OCCN2. The maximum atomic E-state index is 14.4. The van der Waals surface area contributed by atoms with Crippen molar-refractivity contribution in [3.8, 4) is 17.0 Å². The molecule has 0 atom stereocenters. The van der Waals surface area contributed by atoms with Gasteiger partial charge in [-0.2, -0.15) is 0 Å². The first-order valence-electron chi connectivity index (χ1n) is 8.73. The van der Waals surface area contributed by atoms with E-state index >= 15 is 0 Å². The fourth-order valence-corrected chi connectivity index (χ4v) is 3.14. The summed E-state index contributed by atoms with van der Waals surface area (Å²) in [4.78, 5) is 20.5. The first kappa shape index (κ1) is 18.9. The van der Waals surface area contributed by atoms with Crippen LogP contribution in [0, 0.1) is 5.82 Å². The number of benzene rings is 1. The molecule has 0 bridgehead atoms. The molecule has 0 amide bonds. The largest absolute Gasteiger partial charge is 0.486 e. The second-order valence-corrected chi connectivity index (χ2v) is 6.61. The number of esters is 1. The minimum Gasteiger partial charge on any atom is -0.486 e. The number of halogens is 2.